The van der Waals surface area contributed by atoms with Crippen molar-refractivity contribution in [3.8, 4) is 5.75 Å². The molecule has 1 aromatic carbocycles. The van der Waals surface area contributed by atoms with Gasteiger partial charge in [-0.15, -0.1) is 0 Å². The van der Waals surface area contributed by atoms with Crippen molar-refractivity contribution in [1.82, 2.24) is 4.90 Å². The van der Waals surface area contributed by atoms with Gasteiger partial charge >= 0.3 is 6.03 Å². The fourth-order valence-corrected chi connectivity index (χ4v) is 2.29. The number of amides is 2. The summed E-state index contributed by atoms with van der Waals surface area (Å²) in [7, 11) is 0. The number of carbonyl (C=O) groups excluding carboxylic acids is 1. The van der Waals surface area contributed by atoms with E-state index in [4.69, 9.17) is 22.1 Å². The highest BCUT2D eigenvalue weighted by Crippen LogP contribution is 2.30. The second-order valence-corrected chi connectivity index (χ2v) is 4.92. The van der Waals surface area contributed by atoms with Gasteiger partial charge in [-0.3, -0.25) is 10.1 Å². The monoisotopic (exact) mass is 299 g/mol. The average molecular weight is 300 g/mol. The Bertz CT molecular complexity index is 529. The highest BCUT2D eigenvalue weighted by molar-refractivity contribution is 6.32. The summed E-state index contributed by atoms with van der Waals surface area (Å²) in [5, 5.41) is 10.8. The number of benzene rings is 1. The molecule has 0 bridgehead atoms. The quantitative estimate of drug-likeness (QED) is 0.683. The smallest absolute Gasteiger partial charge is 0.314 e. The maximum Gasteiger partial charge on any atom is 0.314 e. The van der Waals surface area contributed by atoms with Crippen LogP contribution in [0.5, 0.6) is 5.75 Å². The summed E-state index contributed by atoms with van der Waals surface area (Å²) in [5.74, 6) is 0.412. The first-order chi connectivity index (χ1) is 9.47. The molecule has 0 saturated carbocycles. The molecule has 1 fully saturated rings. The molecule has 0 radical (unpaired) electrons. The Hall–Kier alpha value is -2.02. The van der Waals surface area contributed by atoms with Gasteiger partial charge < -0.3 is 15.4 Å². The molecule has 2 amide bonds. The van der Waals surface area contributed by atoms with Crippen LogP contribution in [0.4, 0.5) is 10.5 Å². The number of hydrogen-bond donors (Lipinski definition) is 1. The van der Waals surface area contributed by atoms with E-state index in [9.17, 15) is 14.9 Å². The lowest BCUT2D eigenvalue weighted by Crippen LogP contribution is -2.44. The number of halogens is 1. The number of nitro groups is 1. The first kappa shape index (κ1) is 14.4. The Morgan fingerprint density at radius 1 is 1.45 bits per heavy atom. The summed E-state index contributed by atoms with van der Waals surface area (Å²) < 4.78 is 5.72. The van der Waals surface area contributed by atoms with Crippen LogP contribution in [-0.2, 0) is 0 Å². The number of rotatable bonds is 3. The van der Waals surface area contributed by atoms with Gasteiger partial charge in [0.1, 0.15) is 11.9 Å². The Balaban J connectivity index is 1.98. The molecular formula is C12H14ClN3O4. The lowest BCUT2D eigenvalue weighted by molar-refractivity contribution is -0.384. The third-order valence-corrected chi connectivity index (χ3v) is 3.47. The van der Waals surface area contributed by atoms with Crippen LogP contribution in [0.3, 0.4) is 0 Å². The minimum absolute atomic E-state index is 0.0779. The maximum absolute atomic E-state index is 11.0. The number of nitro benzene ring substituents is 1. The van der Waals surface area contributed by atoms with E-state index >= 15 is 0 Å². The lowest BCUT2D eigenvalue weighted by atomic mass is 10.1. The van der Waals surface area contributed by atoms with E-state index in [0.717, 1.165) is 0 Å². The summed E-state index contributed by atoms with van der Waals surface area (Å²) in [6.45, 7) is 1.06. The molecule has 1 aliphatic heterocycles. The topological polar surface area (TPSA) is 98.7 Å². The number of hydrogen-bond acceptors (Lipinski definition) is 4. The molecule has 1 heterocycles. The van der Waals surface area contributed by atoms with Crippen LogP contribution in [0.25, 0.3) is 0 Å². The van der Waals surface area contributed by atoms with Crippen molar-refractivity contribution in [2.24, 2.45) is 5.73 Å². The fraction of sp³-hybridized carbons (Fsp3) is 0.417. The average Bonchev–Trinajstić information content (AvgIpc) is 2.41. The van der Waals surface area contributed by atoms with E-state index in [2.05, 4.69) is 0 Å². The predicted octanol–water partition coefficient (Wildman–Crippen LogP) is 2.17. The molecule has 8 heteroatoms. The van der Waals surface area contributed by atoms with Crippen LogP contribution >= 0.6 is 11.6 Å². The van der Waals surface area contributed by atoms with Crippen molar-refractivity contribution in [2.75, 3.05) is 13.1 Å². The molecule has 0 atom stereocenters. The molecule has 0 unspecified atom stereocenters. The van der Waals surface area contributed by atoms with Gasteiger partial charge in [-0.05, 0) is 6.07 Å². The summed E-state index contributed by atoms with van der Waals surface area (Å²) in [6.07, 6.45) is 1.22. The number of carbonyl (C=O) groups is 1. The van der Waals surface area contributed by atoms with Crippen LogP contribution in [0.1, 0.15) is 12.8 Å². The largest absolute Gasteiger partial charge is 0.489 e. The third-order valence-electron chi connectivity index (χ3n) is 3.17. The molecular weight excluding hydrogens is 286 g/mol. The van der Waals surface area contributed by atoms with Gasteiger partial charge in [0.15, 0.2) is 0 Å². The minimum Gasteiger partial charge on any atom is -0.489 e. The number of likely N-dealkylation sites (tertiary alicyclic amines) is 1. The van der Waals surface area contributed by atoms with Crippen molar-refractivity contribution in [3.63, 3.8) is 0 Å². The van der Waals surface area contributed by atoms with E-state index in [0.29, 0.717) is 31.7 Å². The second-order valence-electron chi connectivity index (χ2n) is 4.51. The van der Waals surface area contributed by atoms with Gasteiger partial charge in [0, 0.05) is 38.1 Å². The van der Waals surface area contributed by atoms with E-state index in [1.807, 2.05) is 0 Å². The second kappa shape index (κ2) is 5.96. The molecule has 7 nitrogen and oxygen atoms in total. The summed E-state index contributed by atoms with van der Waals surface area (Å²) in [4.78, 5) is 22.6. The van der Waals surface area contributed by atoms with E-state index in [1.54, 1.807) is 4.90 Å². The molecule has 2 rings (SSSR count). The van der Waals surface area contributed by atoms with Crippen LogP contribution < -0.4 is 10.5 Å². The molecule has 20 heavy (non-hydrogen) atoms. The van der Waals surface area contributed by atoms with Crippen LogP contribution in [-0.4, -0.2) is 35.0 Å². The summed E-state index contributed by atoms with van der Waals surface area (Å²) in [6, 6.07) is 3.66. The molecule has 108 valence electrons. The molecule has 1 aliphatic rings. The highest BCUT2D eigenvalue weighted by Gasteiger charge is 2.23. The molecule has 0 aliphatic carbocycles. The third kappa shape index (κ3) is 3.30. The fourth-order valence-electron chi connectivity index (χ4n) is 2.07. The van der Waals surface area contributed by atoms with E-state index in [1.165, 1.54) is 18.2 Å². The Morgan fingerprint density at radius 2 is 2.10 bits per heavy atom. The molecule has 1 saturated heterocycles. The first-order valence-electron chi connectivity index (χ1n) is 6.12. The van der Waals surface area contributed by atoms with Crippen LogP contribution in [0.2, 0.25) is 5.02 Å². The van der Waals surface area contributed by atoms with Crippen molar-refractivity contribution in [1.29, 1.82) is 0 Å². The number of non-ortho nitro benzene ring substituents is 1. The zero-order valence-corrected chi connectivity index (χ0v) is 11.4. The summed E-state index contributed by atoms with van der Waals surface area (Å²) in [5.41, 5.74) is 5.12. The SMILES string of the molecule is NC(=O)N1CCC(Oc2ccc([N+](=O)[O-])cc2Cl)CC1. The Labute approximate surface area is 120 Å². The number of urea groups is 1. The Morgan fingerprint density at radius 3 is 2.60 bits per heavy atom. The standard InChI is InChI=1S/C12H14ClN3O4/c13-10-7-8(16(18)19)1-2-11(10)20-9-3-5-15(6-4-9)12(14)17/h1-2,7,9H,3-6H2,(H2,14,17). The number of nitrogens with zero attached hydrogens (tertiary/aromatic N) is 2. The lowest BCUT2D eigenvalue weighted by Gasteiger charge is -2.31. The molecule has 1 aromatic rings. The maximum atomic E-state index is 11.0. The van der Waals surface area contributed by atoms with Crippen LogP contribution in [0, 0.1) is 10.1 Å². The molecule has 2 N–H and O–H groups in total. The Kier molecular flexibility index (Phi) is 4.29. The minimum atomic E-state index is -0.513. The van der Waals surface area contributed by atoms with Gasteiger partial charge in [0.2, 0.25) is 0 Å². The van der Waals surface area contributed by atoms with Gasteiger partial charge in [0.05, 0.1) is 9.95 Å². The zero-order valence-electron chi connectivity index (χ0n) is 10.6. The van der Waals surface area contributed by atoms with Gasteiger partial charge in [-0.2, -0.15) is 0 Å². The van der Waals surface area contributed by atoms with Crippen molar-refractivity contribution in [3.05, 3.63) is 33.3 Å². The van der Waals surface area contributed by atoms with Crippen molar-refractivity contribution < 1.29 is 14.5 Å². The van der Waals surface area contributed by atoms with E-state index < -0.39 is 11.0 Å². The van der Waals surface area contributed by atoms with Crippen molar-refractivity contribution >= 4 is 23.3 Å². The number of primary amides is 1. The highest BCUT2D eigenvalue weighted by atomic mass is 35.5. The number of nitrogens with two attached hydrogens (primary N) is 1. The molecule has 0 spiro atoms. The van der Waals surface area contributed by atoms with Gasteiger partial charge in [-0.25, -0.2) is 4.79 Å². The van der Waals surface area contributed by atoms with Crippen molar-refractivity contribution in [2.45, 2.75) is 18.9 Å². The molecule has 0 aromatic heterocycles. The summed E-state index contributed by atoms with van der Waals surface area (Å²) >= 11 is 5.96. The number of ether oxygens (including phenoxy) is 1. The predicted molar refractivity (Wildman–Crippen MR) is 72.9 cm³/mol. The van der Waals surface area contributed by atoms with E-state index in [-0.39, 0.29) is 16.8 Å². The van der Waals surface area contributed by atoms with Gasteiger partial charge in [-0.1, -0.05) is 11.6 Å². The number of piperidine rings is 1. The normalized spacial score (nSPS) is 15.9. The first-order valence-corrected chi connectivity index (χ1v) is 6.50. The van der Waals surface area contributed by atoms with Crippen LogP contribution in [0.15, 0.2) is 18.2 Å². The zero-order chi connectivity index (χ0) is 14.7. The van der Waals surface area contributed by atoms with Gasteiger partial charge in [0.25, 0.3) is 5.69 Å².